The van der Waals surface area contributed by atoms with Crippen molar-refractivity contribution in [2.75, 3.05) is 0 Å². The van der Waals surface area contributed by atoms with Crippen LogP contribution in [0.2, 0.25) is 0 Å². The molecule has 126 valence electrons. The molecule has 2 heterocycles. The molecule has 2 aromatic heterocycles. The third-order valence-corrected chi connectivity index (χ3v) is 2.66. The van der Waals surface area contributed by atoms with Crippen LogP contribution in [0.5, 0.6) is 0 Å². The molecule has 0 unspecified atom stereocenters. The Balaban J connectivity index is 1.80. The van der Waals surface area contributed by atoms with Crippen LogP contribution >= 0.6 is 0 Å². The van der Waals surface area contributed by atoms with Crippen LogP contribution in [0.1, 0.15) is 11.5 Å². The fourth-order valence-corrected chi connectivity index (χ4v) is 1.47. The topological polar surface area (TPSA) is 150 Å². The highest BCUT2D eigenvalue weighted by molar-refractivity contribution is 5.91. The molecule has 2 aromatic rings. The van der Waals surface area contributed by atoms with Gasteiger partial charge in [-0.25, -0.2) is 10.9 Å². The number of nitrogens with zero attached hydrogens (tertiary/aromatic N) is 2. The second-order valence-electron chi connectivity index (χ2n) is 4.39. The van der Waals surface area contributed by atoms with Crippen molar-refractivity contribution in [3.63, 3.8) is 0 Å². The molecule has 0 aliphatic heterocycles. The van der Waals surface area contributed by atoms with E-state index in [0.29, 0.717) is 11.5 Å². The van der Waals surface area contributed by atoms with Crippen molar-refractivity contribution in [3.05, 3.63) is 48.3 Å². The average molecular weight is 334 g/mol. The Labute approximate surface area is 135 Å². The molecule has 0 fully saturated rings. The zero-order chi connectivity index (χ0) is 17.4. The van der Waals surface area contributed by atoms with Gasteiger partial charge in [0.05, 0.1) is 25.0 Å². The summed E-state index contributed by atoms with van der Waals surface area (Å²) in [6.07, 6.45) is 1.13. The number of hydrogen-bond donors (Lipinski definition) is 4. The fourth-order valence-electron chi connectivity index (χ4n) is 1.47. The van der Waals surface area contributed by atoms with E-state index in [-0.39, 0.29) is 0 Å². The molecule has 0 aromatic carbocycles. The summed E-state index contributed by atoms with van der Waals surface area (Å²) in [5.41, 5.74) is 3.92. The van der Waals surface area contributed by atoms with Crippen LogP contribution in [0.3, 0.4) is 0 Å². The first kappa shape index (κ1) is 17.1. The quantitative estimate of drug-likeness (QED) is 0.384. The van der Waals surface area contributed by atoms with Gasteiger partial charge in [0, 0.05) is 0 Å². The van der Waals surface area contributed by atoms with Gasteiger partial charge in [-0.15, -0.1) is 0 Å². The summed E-state index contributed by atoms with van der Waals surface area (Å²) < 4.78 is 9.87. The van der Waals surface area contributed by atoms with Crippen molar-refractivity contribution in [2.45, 2.75) is 12.2 Å². The first-order chi connectivity index (χ1) is 11.6. The molecule has 0 aliphatic rings. The van der Waals surface area contributed by atoms with Gasteiger partial charge in [0.15, 0.2) is 12.2 Å². The summed E-state index contributed by atoms with van der Waals surface area (Å²) in [5.74, 6) is -1.41. The highest BCUT2D eigenvalue weighted by Gasteiger charge is 2.30. The Hall–Kier alpha value is -3.24. The largest absolute Gasteiger partial charge is 0.463 e. The van der Waals surface area contributed by atoms with Gasteiger partial charge < -0.3 is 19.0 Å². The minimum atomic E-state index is -2.03. The van der Waals surface area contributed by atoms with Crippen molar-refractivity contribution in [3.8, 4) is 0 Å². The number of carbonyl (C=O) groups is 2. The number of aliphatic hydroxyl groups excluding tert-OH is 2. The van der Waals surface area contributed by atoms with Crippen molar-refractivity contribution < 1.29 is 28.6 Å². The van der Waals surface area contributed by atoms with Crippen LogP contribution in [0.15, 0.2) is 55.8 Å². The lowest BCUT2D eigenvalue weighted by molar-refractivity contribution is -0.146. The molecule has 0 saturated carbocycles. The Bertz CT molecular complexity index is 645. The highest BCUT2D eigenvalue weighted by Crippen LogP contribution is 1.97. The summed E-state index contributed by atoms with van der Waals surface area (Å²) in [7, 11) is 0. The summed E-state index contributed by atoms with van der Waals surface area (Å²) >= 11 is 0. The van der Waals surface area contributed by atoms with Crippen molar-refractivity contribution in [1.29, 1.82) is 0 Å². The van der Waals surface area contributed by atoms with Crippen LogP contribution in [0.25, 0.3) is 0 Å². The number of carbonyl (C=O) groups excluding carboxylic acids is 2. The minimum Gasteiger partial charge on any atom is -0.463 e. The maximum atomic E-state index is 11.6. The Morgan fingerprint density at radius 2 is 1.33 bits per heavy atom. The van der Waals surface area contributed by atoms with Gasteiger partial charge in [0.1, 0.15) is 11.5 Å². The number of hydrazone groups is 2. The maximum Gasteiger partial charge on any atom is 0.272 e. The van der Waals surface area contributed by atoms with Gasteiger partial charge in [0.25, 0.3) is 11.8 Å². The Morgan fingerprint density at radius 3 is 1.67 bits per heavy atom. The van der Waals surface area contributed by atoms with Crippen LogP contribution in [0.4, 0.5) is 0 Å². The first-order valence-corrected chi connectivity index (χ1v) is 6.67. The molecule has 4 N–H and O–H groups in total. The van der Waals surface area contributed by atoms with E-state index >= 15 is 0 Å². The SMILES string of the molecule is O=C(N/N=C\c1ccco1)[C@@H](O)[C@H](O)C(=O)N/N=C\c1ccco1. The zero-order valence-electron chi connectivity index (χ0n) is 12.2. The lowest BCUT2D eigenvalue weighted by atomic mass is 10.2. The van der Waals surface area contributed by atoms with Crippen molar-refractivity contribution in [2.24, 2.45) is 10.2 Å². The molecule has 0 spiro atoms. The van der Waals surface area contributed by atoms with Gasteiger partial charge >= 0.3 is 0 Å². The van der Waals surface area contributed by atoms with Gasteiger partial charge in [-0.3, -0.25) is 9.59 Å². The third kappa shape index (κ3) is 4.90. The van der Waals surface area contributed by atoms with Gasteiger partial charge in [0.2, 0.25) is 0 Å². The van der Waals surface area contributed by atoms with Gasteiger partial charge in [-0.05, 0) is 24.3 Å². The van der Waals surface area contributed by atoms with Gasteiger partial charge in [-0.2, -0.15) is 10.2 Å². The Kier molecular flexibility index (Phi) is 6.00. The van der Waals surface area contributed by atoms with E-state index in [2.05, 4.69) is 10.2 Å². The first-order valence-electron chi connectivity index (χ1n) is 6.67. The number of rotatable bonds is 7. The molecule has 0 bridgehead atoms. The van der Waals surface area contributed by atoms with Crippen LogP contribution in [-0.4, -0.2) is 46.7 Å². The molecular formula is C14H14N4O6. The third-order valence-electron chi connectivity index (χ3n) is 2.66. The summed E-state index contributed by atoms with van der Waals surface area (Å²) in [5, 5.41) is 26.2. The van der Waals surface area contributed by atoms with Crippen molar-refractivity contribution >= 4 is 24.2 Å². The summed E-state index contributed by atoms with van der Waals surface area (Å²) in [6.45, 7) is 0. The number of aliphatic hydroxyl groups is 2. The highest BCUT2D eigenvalue weighted by atomic mass is 16.3. The monoisotopic (exact) mass is 334 g/mol. The van der Waals surface area contributed by atoms with E-state index in [0.717, 1.165) is 0 Å². The van der Waals surface area contributed by atoms with Gasteiger partial charge in [-0.1, -0.05) is 0 Å². The number of amides is 2. The van der Waals surface area contributed by atoms with Crippen LogP contribution in [-0.2, 0) is 9.59 Å². The molecule has 0 aliphatic carbocycles. The fraction of sp³-hybridized carbons (Fsp3) is 0.143. The standard InChI is InChI=1S/C14H14N4O6/c19-11(13(21)17-15-7-9-3-1-5-23-9)12(20)14(22)18-16-8-10-4-2-6-24-10/h1-8,11-12,19-20H,(H,17,21)(H,18,22)/b15-7-,16-8-/t11-,12-/m0/s1. The smallest absolute Gasteiger partial charge is 0.272 e. The molecule has 2 amide bonds. The lowest BCUT2D eigenvalue weighted by Crippen LogP contribution is -2.47. The van der Waals surface area contributed by atoms with Crippen LogP contribution in [0, 0.1) is 0 Å². The Morgan fingerprint density at radius 1 is 0.917 bits per heavy atom. The number of furan rings is 2. The van der Waals surface area contributed by atoms with E-state index in [1.807, 2.05) is 10.9 Å². The average Bonchev–Trinajstić information content (AvgIpc) is 3.26. The van der Waals surface area contributed by atoms with E-state index in [1.54, 1.807) is 24.3 Å². The second kappa shape index (κ2) is 8.41. The molecule has 2 rings (SSSR count). The second-order valence-corrected chi connectivity index (χ2v) is 4.39. The predicted octanol–water partition coefficient (Wildman–Crippen LogP) is -0.805. The number of hydrogen-bond acceptors (Lipinski definition) is 8. The normalized spacial score (nSPS) is 13.9. The minimum absolute atomic E-state index is 0.371. The molecular weight excluding hydrogens is 320 g/mol. The molecule has 10 nitrogen and oxygen atoms in total. The number of nitrogens with one attached hydrogen (secondary N) is 2. The summed E-state index contributed by atoms with van der Waals surface area (Å²) in [6, 6.07) is 6.42. The lowest BCUT2D eigenvalue weighted by Gasteiger charge is -2.14. The predicted molar refractivity (Wildman–Crippen MR) is 80.9 cm³/mol. The molecule has 0 radical (unpaired) electrons. The zero-order valence-corrected chi connectivity index (χ0v) is 12.2. The van der Waals surface area contributed by atoms with E-state index < -0.39 is 24.0 Å². The van der Waals surface area contributed by atoms with Crippen molar-refractivity contribution in [1.82, 2.24) is 10.9 Å². The van der Waals surface area contributed by atoms with E-state index in [4.69, 9.17) is 8.83 Å². The van der Waals surface area contributed by atoms with E-state index in [9.17, 15) is 19.8 Å². The van der Waals surface area contributed by atoms with E-state index in [1.165, 1.54) is 25.0 Å². The molecule has 0 saturated heterocycles. The maximum absolute atomic E-state index is 11.6. The molecule has 24 heavy (non-hydrogen) atoms. The summed E-state index contributed by atoms with van der Waals surface area (Å²) in [4.78, 5) is 23.2. The van der Waals surface area contributed by atoms with Crippen LogP contribution < -0.4 is 10.9 Å². The molecule has 10 heteroatoms. The molecule has 2 atom stereocenters.